The molecule has 0 aromatic rings. The lowest BCUT2D eigenvalue weighted by molar-refractivity contribution is -0.155. The van der Waals surface area contributed by atoms with Crippen LogP contribution in [-0.4, -0.2) is 34.3 Å². The number of hydrogen-bond donors (Lipinski definition) is 3. The van der Waals surface area contributed by atoms with E-state index in [2.05, 4.69) is 0 Å². The van der Waals surface area contributed by atoms with Crippen molar-refractivity contribution in [3.8, 4) is 0 Å². The quantitative estimate of drug-likeness (QED) is 0.527. The van der Waals surface area contributed by atoms with Gasteiger partial charge in [0.25, 0.3) is 6.43 Å². The predicted octanol–water partition coefficient (Wildman–Crippen LogP) is -0.586. The first kappa shape index (κ1) is 10.2. The van der Waals surface area contributed by atoms with Crippen LogP contribution >= 0.6 is 0 Å². The molecular formula is C5H9F2NO3. The minimum atomic E-state index is -3.17. The van der Waals surface area contributed by atoms with E-state index in [-0.39, 0.29) is 0 Å². The van der Waals surface area contributed by atoms with Crippen molar-refractivity contribution < 1.29 is 23.8 Å². The summed E-state index contributed by atoms with van der Waals surface area (Å²) in [7, 11) is 0. The van der Waals surface area contributed by atoms with Crippen molar-refractivity contribution in [2.45, 2.75) is 25.0 Å². The Balaban J connectivity index is 4.41. The van der Waals surface area contributed by atoms with Crippen LogP contribution in [0, 0.1) is 0 Å². The second-order valence-electron chi connectivity index (χ2n) is 2.34. The number of nitrogens with two attached hydrogens (primary N) is 1. The molecule has 0 radical (unpaired) electrons. The van der Waals surface area contributed by atoms with Gasteiger partial charge in [0, 0.05) is 0 Å². The molecule has 11 heavy (non-hydrogen) atoms. The summed E-state index contributed by atoms with van der Waals surface area (Å²) < 4.78 is 23.7. The number of alkyl halides is 2. The average Bonchev–Trinajstić information content (AvgIpc) is 1.85. The Labute approximate surface area is 61.6 Å². The number of carbonyl (C=O) groups is 1. The molecule has 0 rings (SSSR count). The van der Waals surface area contributed by atoms with Crippen LogP contribution in [0.4, 0.5) is 8.78 Å². The maximum absolute atomic E-state index is 11.8. The third kappa shape index (κ3) is 2.09. The zero-order valence-electron chi connectivity index (χ0n) is 5.79. The molecule has 4 nitrogen and oxygen atoms in total. The third-order valence-electron chi connectivity index (χ3n) is 1.34. The molecule has 0 aromatic heterocycles. The fourth-order valence-corrected chi connectivity index (χ4v) is 0.386. The van der Waals surface area contributed by atoms with Gasteiger partial charge in [-0.1, -0.05) is 0 Å². The van der Waals surface area contributed by atoms with Gasteiger partial charge < -0.3 is 15.9 Å². The molecule has 0 amide bonds. The Morgan fingerprint density at radius 3 is 2.09 bits per heavy atom. The highest BCUT2D eigenvalue weighted by Crippen LogP contribution is 2.17. The predicted molar refractivity (Wildman–Crippen MR) is 32.2 cm³/mol. The Morgan fingerprint density at radius 2 is 2.00 bits per heavy atom. The Bertz CT molecular complexity index is 160. The molecule has 0 aliphatic carbocycles. The molecule has 2 atom stereocenters. The van der Waals surface area contributed by atoms with Gasteiger partial charge in [-0.05, 0) is 6.92 Å². The summed E-state index contributed by atoms with van der Waals surface area (Å²) in [4.78, 5) is 10.0. The van der Waals surface area contributed by atoms with Crippen LogP contribution in [0.1, 0.15) is 6.92 Å². The molecule has 0 aliphatic rings. The van der Waals surface area contributed by atoms with Gasteiger partial charge in [0.1, 0.15) is 11.6 Å². The van der Waals surface area contributed by atoms with Gasteiger partial charge >= 0.3 is 5.97 Å². The fourth-order valence-electron chi connectivity index (χ4n) is 0.386. The largest absolute Gasteiger partial charge is 0.480 e. The molecule has 0 fully saturated rings. The number of carboxylic acids is 1. The van der Waals surface area contributed by atoms with E-state index < -0.39 is 24.0 Å². The van der Waals surface area contributed by atoms with Crippen LogP contribution < -0.4 is 5.73 Å². The summed E-state index contributed by atoms with van der Waals surface area (Å²) in [6.07, 6.45) is -3.17. The SMILES string of the molecule is C[C@](O)(C(F)F)[C@@H](N)C(=O)O. The second-order valence-corrected chi connectivity index (χ2v) is 2.34. The van der Waals surface area contributed by atoms with Crippen LogP contribution in [0.15, 0.2) is 0 Å². The number of aliphatic carboxylic acids is 1. The monoisotopic (exact) mass is 169 g/mol. The number of rotatable bonds is 3. The first-order valence-corrected chi connectivity index (χ1v) is 2.79. The molecule has 0 heterocycles. The maximum Gasteiger partial charge on any atom is 0.323 e. The van der Waals surface area contributed by atoms with Crippen molar-refractivity contribution in [3.05, 3.63) is 0 Å². The fraction of sp³-hybridized carbons (Fsp3) is 0.800. The topological polar surface area (TPSA) is 83.5 Å². The van der Waals surface area contributed by atoms with E-state index in [1.165, 1.54) is 0 Å². The van der Waals surface area contributed by atoms with Crippen LogP contribution in [-0.2, 0) is 4.79 Å². The van der Waals surface area contributed by atoms with Gasteiger partial charge in [0.05, 0.1) is 0 Å². The Kier molecular flexibility index (Phi) is 2.89. The molecule has 0 saturated heterocycles. The molecule has 66 valence electrons. The van der Waals surface area contributed by atoms with Crippen molar-refractivity contribution >= 4 is 5.97 Å². The van der Waals surface area contributed by atoms with Gasteiger partial charge in [0.15, 0.2) is 0 Å². The zero-order chi connectivity index (χ0) is 9.23. The molecule has 6 heteroatoms. The minimum absolute atomic E-state index is 0.677. The summed E-state index contributed by atoms with van der Waals surface area (Å²) >= 11 is 0. The molecule has 0 aromatic carbocycles. The number of hydrogen-bond acceptors (Lipinski definition) is 3. The molecule has 4 N–H and O–H groups in total. The molecule has 0 saturated carbocycles. The van der Waals surface area contributed by atoms with Crippen molar-refractivity contribution in [1.29, 1.82) is 0 Å². The highest BCUT2D eigenvalue weighted by Gasteiger charge is 2.42. The molecule has 0 aliphatic heterocycles. The minimum Gasteiger partial charge on any atom is -0.480 e. The number of aliphatic hydroxyl groups is 1. The maximum atomic E-state index is 11.8. The van der Waals surface area contributed by atoms with Crippen molar-refractivity contribution in [2.75, 3.05) is 0 Å². The lowest BCUT2D eigenvalue weighted by atomic mass is 9.98. The van der Waals surface area contributed by atoms with Gasteiger partial charge in [0.2, 0.25) is 0 Å². The third-order valence-corrected chi connectivity index (χ3v) is 1.34. The molecule has 0 bridgehead atoms. The van der Waals surface area contributed by atoms with E-state index in [1.54, 1.807) is 0 Å². The van der Waals surface area contributed by atoms with Crippen molar-refractivity contribution in [1.82, 2.24) is 0 Å². The zero-order valence-corrected chi connectivity index (χ0v) is 5.79. The van der Waals surface area contributed by atoms with Crippen LogP contribution in [0.3, 0.4) is 0 Å². The standard InChI is InChI=1S/C5H9F2NO3/c1-5(11,4(6)7)2(8)3(9)10/h2,4,11H,8H2,1H3,(H,9,10)/t2-,5+/m0/s1. The van der Waals surface area contributed by atoms with E-state index >= 15 is 0 Å². The second kappa shape index (κ2) is 3.10. The summed E-state index contributed by atoms with van der Waals surface area (Å²) in [5, 5.41) is 16.9. The number of carboxylic acid groups (broad SMARTS) is 1. The van der Waals surface area contributed by atoms with E-state index in [0.29, 0.717) is 6.92 Å². The number of halogens is 2. The van der Waals surface area contributed by atoms with Crippen LogP contribution in [0.2, 0.25) is 0 Å². The Hall–Kier alpha value is -0.750. The van der Waals surface area contributed by atoms with E-state index in [0.717, 1.165) is 0 Å². The Morgan fingerprint density at radius 1 is 1.64 bits per heavy atom. The van der Waals surface area contributed by atoms with Crippen molar-refractivity contribution in [3.63, 3.8) is 0 Å². The smallest absolute Gasteiger partial charge is 0.323 e. The van der Waals surface area contributed by atoms with E-state index in [1.807, 2.05) is 0 Å². The molecular weight excluding hydrogens is 160 g/mol. The van der Waals surface area contributed by atoms with Crippen LogP contribution in [0.5, 0.6) is 0 Å². The summed E-state index contributed by atoms with van der Waals surface area (Å²) in [6, 6.07) is -1.97. The van der Waals surface area contributed by atoms with Gasteiger partial charge in [-0.2, -0.15) is 0 Å². The van der Waals surface area contributed by atoms with Gasteiger partial charge in [-0.25, -0.2) is 8.78 Å². The highest BCUT2D eigenvalue weighted by atomic mass is 19.3. The summed E-state index contributed by atoms with van der Waals surface area (Å²) in [6.45, 7) is 0.677. The normalized spacial score (nSPS) is 19.5. The van der Waals surface area contributed by atoms with E-state index in [9.17, 15) is 13.6 Å². The van der Waals surface area contributed by atoms with Gasteiger partial charge in [-0.15, -0.1) is 0 Å². The first-order chi connectivity index (χ1) is 4.80. The van der Waals surface area contributed by atoms with E-state index in [4.69, 9.17) is 15.9 Å². The first-order valence-electron chi connectivity index (χ1n) is 2.79. The molecule has 0 spiro atoms. The van der Waals surface area contributed by atoms with Gasteiger partial charge in [-0.3, -0.25) is 4.79 Å². The average molecular weight is 169 g/mol. The lowest BCUT2D eigenvalue weighted by Gasteiger charge is -2.25. The van der Waals surface area contributed by atoms with Crippen molar-refractivity contribution in [2.24, 2.45) is 5.73 Å². The molecule has 0 unspecified atom stereocenters. The lowest BCUT2D eigenvalue weighted by Crippen LogP contribution is -2.55. The summed E-state index contributed by atoms with van der Waals surface area (Å²) in [5.74, 6) is -1.66. The highest BCUT2D eigenvalue weighted by molar-refractivity contribution is 5.74. The van der Waals surface area contributed by atoms with Crippen LogP contribution in [0.25, 0.3) is 0 Å². The summed E-state index contributed by atoms with van der Waals surface area (Å²) in [5.41, 5.74) is 2.09.